The molecule has 4 nitrogen and oxygen atoms in total. The average molecular weight is 273 g/mol. The van der Waals surface area contributed by atoms with Gasteiger partial charge in [-0.3, -0.25) is 4.79 Å². The molecule has 4 N–H and O–H groups in total. The number of rotatable bonds is 4. The maximum atomic E-state index is 11.8. The Morgan fingerprint density at radius 2 is 2.05 bits per heavy atom. The van der Waals surface area contributed by atoms with E-state index in [1.54, 1.807) is 0 Å². The Hall–Kier alpha value is -1.55. The lowest BCUT2D eigenvalue weighted by Gasteiger charge is -2.34. The lowest BCUT2D eigenvalue weighted by molar-refractivity contribution is -0.123. The zero-order chi connectivity index (χ0) is 14.2. The fourth-order valence-corrected chi connectivity index (χ4v) is 3.26. The highest BCUT2D eigenvalue weighted by molar-refractivity contribution is 5.86. The van der Waals surface area contributed by atoms with Gasteiger partial charge in [0.2, 0.25) is 5.91 Å². The number of amides is 1. The lowest BCUT2D eigenvalue weighted by Crippen LogP contribution is -2.61. The smallest absolute Gasteiger partial charge is 0.239 e. The van der Waals surface area contributed by atoms with Crippen molar-refractivity contribution in [3.63, 3.8) is 0 Å². The Bertz CT molecular complexity index is 512. The van der Waals surface area contributed by atoms with Gasteiger partial charge in [-0.05, 0) is 49.7 Å². The summed E-state index contributed by atoms with van der Waals surface area (Å²) >= 11 is 0. The van der Waals surface area contributed by atoms with Gasteiger partial charge in [0.25, 0.3) is 0 Å². The highest BCUT2D eigenvalue weighted by atomic mass is 16.1. The van der Waals surface area contributed by atoms with E-state index in [1.165, 1.54) is 17.7 Å². The van der Waals surface area contributed by atoms with E-state index in [-0.39, 0.29) is 11.8 Å². The van der Waals surface area contributed by atoms with Crippen molar-refractivity contribution < 1.29 is 4.79 Å². The first kappa shape index (κ1) is 13.4. The van der Waals surface area contributed by atoms with E-state index < -0.39 is 5.54 Å². The van der Waals surface area contributed by atoms with E-state index >= 15 is 0 Å². The van der Waals surface area contributed by atoms with E-state index in [0.29, 0.717) is 6.54 Å². The number of anilines is 1. The third-order valence-electron chi connectivity index (χ3n) is 4.67. The van der Waals surface area contributed by atoms with Crippen molar-refractivity contribution >= 4 is 11.6 Å². The van der Waals surface area contributed by atoms with Crippen LogP contribution in [0.1, 0.15) is 31.2 Å². The topological polar surface area (TPSA) is 72.3 Å². The minimum Gasteiger partial charge on any atom is -0.369 e. The van der Waals surface area contributed by atoms with Crippen molar-refractivity contribution in [1.82, 2.24) is 0 Å². The summed E-state index contributed by atoms with van der Waals surface area (Å²) in [6.45, 7) is 1.50. The summed E-state index contributed by atoms with van der Waals surface area (Å²) in [7, 11) is 0. The number of hydrogen-bond acceptors (Lipinski definition) is 3. The van der Waals surface area contributed by atoms with Crippen LogP contribution in [0.3, 0.4) is 0 Å². The van der Waals surface area contributed by atoms with Crippen molar-refractivity contribution in [3.8, 4) is 0 Å². The average Bonchev–Trinajstić information content (AvgIpc) is 3.26. The molecule has 1 unspecified atom stereocenters. The van der Waals surface area contributed by atoms with Crippen LogP contribution in [0.15, 0.2) is 24.3 Å². The molecule has 1 heterocycles. The number of hydrogen-bond donors (Lipinski definition) is 2. The van der Waals surface area contributed by atoms with Gasteiger partial charge < -0.3 is 16.4 Å². The van der Waals surface area contributed by atoms with Gasteiger partial charge in [-0.1, -0.05) is 18.2 Å². The second-order valence-electron chi connectivity index (χ2n) is 6.19. The van der Waals surface area contributed by atoms with Crippen LogP contribution in [-0.4, -0.2) is 24.5 Å². The van der Waals surface area contributed by atoms with Crippen LogP contribution in [-0.2, 0) is 11.2 Å². The molecule has 0 spiro atoms. The van der Waals surface area contributed by atoms with E-state index in [4.69, 9.17) is 11.5 Å². The molecule has 1 saturated carbocycles. The number of carbonyl (C=O) groups excluding carboxylic acids is 1. The first-order chi connectivity index (χ1) is 9.61. The zero-order valence-corrected chi connectivity index (χ0v) is 11.8. The summed E-state index contributed by atoms with van der Waals surface area (Å²) in [5.41, 5.74) is 13.7. The summed E-state index contributed by atoms with van der Waals surface area (Å²) in [5.74, 6) is -0.0999. The fourth-order valence-electron chi connectivity index (χ4n) is 3.26. The van der Waals surface area contributed by atoms with Crippen LogP contribution < -0.4 is 16.4 Å². The molecule has 1 aromatic rings. The van der Waals surface area contributed by atoms with Gasteiger partial charge >= 0.3 is 0 Å². The van der Waals surface area contributed by atoms with E-state index in [0.717, 1.165) is 32.2 Å². The number of aryl methyl sites for hydroxylation is 1. The van der Waals surface area contributed by atoms with Gasteiger partial charge in [0, 0.05) is 18.8 Å². The van der Waals surface area contributed by atoms with Crippen LogP contribution in [0.5, 0.6) is 0 Å². The molecule has 1 fully saturated rings. The maximum Gasteiger partial charge on any atom is 0.239 e. The molecule has 1 aliphatic carbocycles. The predicted molar refractivity (Wildman–Crippen MR) is 80.4 cm³/mol. The highest BCUT2D eigenvalue weighted by Crippen LogP contribution is 2.39. The van der Waals surface area contributed by atoms with Gasteiger partial charge in [-0.2, -0.15) is 0 Å². The Labute approximate surface area is 120 Å². The van der Waals surface area contributed by atoms with Crippen molar-refractivity contribution in [2.45, 2.75) is 37.6 Å². The monoisotopic (exact) mass is 273 g/mol. The number of nitrogens with two attached hydrogens (primary N) is 2. The van der Waals surface area contributed by atoms with Crippen LogP contribution >= 0.6 is 0 Å². The Balaban J connectivity index is 1.88. The quantitative estimate of drug-likeness (QED) is 0.871. The molecule has 1 amide bonds. The maximum absolute atomic E-state index is 11.8. The SMILES string of the molecule is NC(=O)C(N)(CN1CCCCc2ccccc21)C1CC1. The van der Waals surface area contributed by atoms with Crippen LogP contribution in [0, 0.1) is 5.92 Å². The minimum atomic E-state index is -0.878. The predicted octanol–water partition coefficient (Wildman–Crippen LogP) is 1.42. The molecule has 20 heavy (non-hydrogen) atoms. The molecular weight excluding hydrogens is 250 g/mol. The summed E-state index contributed by atoms with van der Waals surface area (Å²) in [4.78, 5) is 14.1. The van der Waals surface area contributed by atoms with Crippen molar-refractivity contribution in [2.24, 2.45) is 17.4 Å². The highest BCUT2D eigenvalue weighted by Gasteiger charge is 2.48. The van der Waals surface area contributed by atoms with Crippen molar-refractivity contribution in [2.75, 3.05) is 18.0 Å². The number of para-hydroxylation sites is 1. The van der Waals surface area contributed by atoms with Gasteiger partial charge in [0.15, 0.2) is 0 Å². The molecule has 1 atom stereocenters. The summed E-state index contributed by atoms with van der Waals surface area (Å²) in [5, 5.41) is 0. The van der Waals surface area contributed by atoms with Crippen molar-refractivity contribution in [3.05, 3.63) is 29.8 Å². The lowest BCUT2D eigenvalue weighted by atomic mass is 9.92. The van der Waals surface area contributed by atoms with Crippen molar-refractivity contribution in [1.29, 1.82) is 0 Å². The standard InChI is InChI=1S/C16H23N3O/c17-15(20)16(18,13-8-9-13)11-19-10-4-3-6-12-5-1-2-7-14(12)19/h1-2,5,7,13H,3-4,6,8-11,18H2,(H2,17,20). The molecule has 4 heteroatoms. The third kappa shape index (κ3) is 2.40. The molecule has 1 aromatic carbocycles. The largest absolute Gasteiger partial charge is 0.369 e. The second kappa shape index (κ2) is 5.09. The van der Waals surface area contributed by atoms with Gasteiger partial charge in [0.05, 0.1) is 0 Å². The summed E-state index contributed by atoms with van der Waals surface area (Å²) in [6.07, 6.45) is 5.47. The molecule has 1 aliphatic heterocycles. The van der Waals surface area contributed by atoms with Crippen LogP contribution in [0.25, 0.3) is 0 Å². The zero-order valence-electron chi connectivity index (χ0n) is 11.8. The number of nitrogens with zero attached hydrogens (tertiary/aromatic N) is 1. The van der Waals surface area contributed by atoms with Crippen LogP contribution in [0.2, 0.25) is 0 Å². The van der Waals surface area contributed by atoms with E-state index in [2.05, 4.69) is 29.2 Å². The number of primary amides is 1. The van der Waals surface area contributed by atoms with Gasteiger partial charge in [-0.25, -0.2) is 0 Å². The Morgan fingerprint density at radius 1 is 1.30 bits per heavy atom. The summed E-state index contributed by atoms with van der Waals surface area (Å²) in [6, 6.07) is 8.44. The van der Waals surface area contributed by atoms with E-state index in [9.17, 15) is 4.79 Å². The number of fused-ring (bicyclic) bond motifs is 1. The first-order valence-electron chi connectivity index (χ1n) is 7.53. The fraction of sp³-hybridized carbons (Fsp3) is 0.562. The van der Waals surface area contributed by atoms with E-state index in [1.807, 2.05) is 0 Å². The van der Waals surface area contributed by atoms with Gasteiger partial charge in [-0.15, -0.1) is 0 Å². The Morgan fingerprint density at radius 3 is 2.75 bits per heavy atom. The number of carbonyl (C=O) groups is 1. The Kier molecular flexibility index (Phi) is 3.42. The minimum absolute atomic E-state index is 0.260. The molecule has 0 bridgehead atoms. The molecule has 3 rings (SSSR count). The molecule has 2 aliphatic rings. The second-order valence-corrected chi connectivity index (χ2v) is 6.19. The molecule has 0 saturated heterocycles. The van der Waals surface area contributed by atoms with Gasteiger partial charge in [0.1, 0.15) is 5.54 Å². The first-order valence-corrected chi connectivity index (χ1v) is 7.53. The third-order valence-corrected chi connectivity index (χ3v) is 4.67. The molecule has 0 aromatic heterocycles. The van der Waals surface area contributed by atoms with Crippen LogP contribution in [0.4, 0.5) is 5.69 Å². The normalized spacial score (nSPS) is 21.8. The summed E-state index contributed by atoms with van der Waals surface area (Å²) < 4.78 is 0. The molecular formula is C16H23N3O. The molecule has 108 valence electrons. The molecule has 0 radical (unpaired) electrons. The number of benzene rings is 1.